The minimum absolute atomic E-state index is 0.689. The Morgan fingerprint density at radius 2 is 1.71 bits per heavy atom. The molecule has 0 aliphatic heterocycles. The first-order chi connectivity index (χ1) is 7.71. The van der Waals surface area contributed by atoms with Gasteiger partial charge in [0.15, 0.2) is 8.65 Å². The molecule has 2 nitrogen and oxygen atoms in total. The van der Waals surface area contributed by atoms with Crippen LogP contribution in [-0.2, 0) is 4.57 Å². The van der Waals surface area contributed by atoms with Crippen LogP contribution in [0.3, 0.4) is 0 Å². The molecule has 0 N–H and O–H groups in total. The highest BCUT2D eigenvalue weighted by atomic mass is 35.5. The van der Waals surface area contributed by atoms with E-state index in [1.807, 2.05) is 18.2 Å². The maximum absolute atomic E-state index is 12.8. The van der Waals surface area contributed by atoms with Crippen LogP contribution in [0.5, 0.6) is 0 Å². The van der Waals surface area contributed by atoms with Gasteiger partial charge in [-0.1, -0.05) is 64.6 Å². The zero-order chi connectivity index (χ0) is 13.3. The van der Waals surface area contributed by atoms with E-state index < -0.39 is 15.9 Å². The molecule has 0 radical (unpaired) electrons. The summed E-state index contributed by atoms with van der Waals surface area (Å²) in [4.78, 5) is 0. The Labute approximate surface area is 121 Å². The predicted molar refractivity (Wildman–Crippen MR) is 78.1 cm³/mol. The lowest BCUT2D eigenvalue weighted by Crippen LogP contribution is -2.27. The topological polar surface area (TPSA) is 20.3 Å². The molecule has 0 unspecified atom stereocenters. The predicted octanol–water partition coefficient (Wildman–Crippen LogP) is 5.31. The summed E-state index contributed by atoms with van der Waals surface area (Å²) in [5.74, 6) is 0. The molecule has 0 fully saturated rings. The van der Waals surface area contributed by atoms with Crippen molar-refractivity contribution < 1.29 is 4.57 Å². The molecule has 17 heavy (non-hydrogen) atoms. The summed E-state index contributed by atoms with van der Waals surface area (Å²) in [7, 11) is -1.78. The second-order valence-corrected chi connectivity index (χ2v) is 10.8. The van der Waals surface area contributed by atoms with Crippen LogP contribution < -0.4 is 4.67 Å². The third-order valence-electron chi connectivity index (χ3n) is 2.40. The van der Waals surface area contributed by atoms with Gasteiger partial charge in [0.1, 0.15) is 0 Å². The molecule has 0 aromatic heterocycles. The fourth-order valence-electron chi connectivity index (χ4n) is 1.38. The van der Waals surface area contributed by atoms with E-state index in [2.05, 4.69) is 0 Å². The first-order valence-corrected chi connectivity index (χ1v) is 8.12. The van der Waals surface area contributed by atoms with Crippen LogP contribution in [0.1, 0.15) is 6.92 Å². The van der Waals surface area contributed by atoms with Crippen LogP contribution in [-0.4, -0.2) is 15.7 Å². The molecule has 96 valence electrons. The second kappa shape index (κ2) is 5.59. The van der Waals surface area contributed by atoms with Crippen molar-refractivity contribution in [3.63, 3.8) is 0 Å². The molecule has 7 heteroatoms. The number of anilines is 1. The molecular weight excluding hydrogens is 323 g/mol. The van der Waals surface area contributed by atoms with Gasteiger partial charge in [0.25, 0.3) is 0 Å². The third kappa shape index (κ3) is 3.05. The number of halogens is 4. The van der Waals surface area contributed by atoms with Gasteiger partial charge >= 0.3 is 0 Å². The maximum Gasteiger partial charge on any atom is 0.238 e. The van der Waals surface area contributed by atoms with Crippen LogP contribution in [0.15, 0.2) is 30.3 Å². The van der Waals surface area contributed by atoms with E-state index in [1.54, 1.807) is 19.2 Å². The number of rotatable bonds is 4. The van der Waals surface area contributed by atoms with Crippen molar-refractivity contribution in [2.45, 2.75) is 15.6 Å². The lowest BCUT2D eigenvalue weighted by Gasteiger charge is -2.36. The van der Waals surface area contributed by atoms with Gasteiger partial charge in [-0.2, -0.15) is 0 Å². The van der Waals surface area contributed by atoms with Gasteiger partial charge < -0.3 is 4.67 Å². The van der Waals surface area contributed by atoms with Crippen LogP contribution >= 0.6 is 53.7 Å². The molecule has 0 spiro atoms. The Hall–Kier alpha value is 0.410. The Morgan fingerprint density at radius 3 is 2.06 bits per heavy atom. The summed E-state index contributed by atoms with van der Waals surface area (Å²) in [6, 6.07) is 9.03. The van der Waals surface area contributed by atoms with E-state index in [0.29, 0.717) is 5.69 Å². The fraction of sp³-hybridized carbons (Fsp3) is 0.400. The highest BCUT2D eigenvalue weighted by Crippen LogP contribution is 2.70. The average molecular weight is 335 g/mol. The standard InChI is InChI=1S/C10H12Cl4NOP/c1-10(13,14)17(16,9(11)12)15(2)8-6-4-3-5-7-8/h3-7,9H,1-2H3/t17-/m1/s1. The van der Waals surface area contributed by atoms with Crippen molar-refractivity contribution in [2.75, 3.05) is 11.7 Å². The molecular formula is C10H12Cl4NOP. The summed E-state index contributed by atoms with van der Waals surface area (Å²) in [6.45, 7) is 1.42. The van der Waals surface area contributed by atoms with E-state index in [-0.39, 0.29) is 0 Å². The fourth-order valence-corrected chi connectivity index (χ4v) is 6.81. The first-order valence-electron chi connectivity index (χ1n) is 4.76. The zero-order valence-corrected chi connectivity index (χ0v) is 13.2. The number of alkyl halides is 4. The van der Waals surface area contributed by atoms with E-state index in [4.69, 9.17) is 46.4 Å². The Morgan fingerprint density at radius 1 is 1.24 bits per heavy atom. The van der Waals surface area contributed by atoms with Crippen molar-refractivity contribution in [1.82, 2.24) is 0 Å². The highest BCUT2D eigenvalue weighted by Gasteiger charge is 2.50. The van der Waals surface area contributed by atoms with Gasteiger partial charge in [-0.3, -0.25) is 4.57 Å². The van der Waals surface area contributed by atoms with E-state index in [9.17, 15) is 4.57 Å². The van der Waals surface area contributed by atoms with Crippen LogP contribution in [0.25, 0.3) is 0 Å². The summed E-state index contributed by atoms with van der Waals surface area (Å²) in [5.41, 5.74) is 0.689. The maximum atomic E-state index is 12.8. The van der Waals surface area contributed by atoms with Crippen molar-refractivity contribution in [2.24, 2.45) is 0 Å². The minimum Gasteiger partial charge on any atom is -0.321 e. The number of benzene rings is 1. The van der Waals surface area contributed by atoms with Crippen molar-refractivity contribution in [3.8, 4) is 0 Å². The molecule has 0 saturated heterocycles. The largest absolute Gasteiger partial charge is 0.321 e. The number of hydrogen-bond acceptors (Lipinski definition) is 1. The highest BCUT2D eigenvalue weighted by molar-refractivity contribution is 7.74. The molecule has 0 aliphatic rings. The molecule has 1 atom stereocenters. The molecule has 0 bridgehead atoms. The minimum atomic E-state index is -3.39. The van der Waals surface area contributed by atoms with Gasteiger partial charge in [0.05, 0.1) is 0 Å². The van der Waals surface area contributed by atoms with Crippen molar-refractivity contribution in [3.05, 3.63) is 30.3 Å². The number of para-hydroxylation sites is 1. The smallest absolute Gasteiger partial charge is 0.238 e. The van der Waals surface area contributed by atoms with E-state index in [0.717, 1.165) is 0 Å². The zero-order valence-electron chi connectivity index (χ0n) is 9.28. The van der Waals surface area contributed by atoms with E-state index >= 15 is 0 Å². The van der Waals surface area contributed by atoms with Crippen LogP contribution in [0.4, 0.5) is 5.69 Å². The summed E-state index contributed by atoms with van der Waals surface area (Å²) in [5, 5.41) is 0. The summed E-state index contributed by atoms with van der Waals surface area (Å²) in [6.07, 6.45) is 0. The summed E-state index contributed by atoms with van der Waals surface area (Å²) >= 11 is 23.6. The molecule has 0 aliphatic carbocycles. The summed E-state index contributed by atoms with van der Waals surface area (Å²) < 4.78 is 11.6. The van der Waals surface area contributed by atoms with Gasteiger partial charge in [-0.05, 0) is 19.1 Å². The molecule has 1 aromatic rings. The molecule has 1 rings (SSSR count). The lowest BCUT2D eigenvalue weighted by atomic mass is 10.3. The Balaban J connectivity index is 3.23. The van der Waals surface area contributed by atoms with Gasteiger partial charge in [0.2, 0.25) is 7.29 Å². The third-order valence-corrected chi connectivity index (χ3v) is 8.22. The van der Waals surface area contributed by atoms with Gasteiger partial charge in [-0.25, -0.2) is 0 Å². The Bertz CT molecular complexity index is 418. The van der Waals surface area contributed by atoms with Gasteiger partial charge in [-0.15, -0.1) is 0 Å². The van der Waals surface area contributed by atoms with Crippen molar-refractivity contribution >= 4 is 59.4 Å². The first kappa shape index (κ1) is 15.5. The average Bonchev–Trinajstić information content (AvgIpc) is 2.26. The molecule has 1 aromatic carbocycles. The van der Waals surface area contributed by atoms with E-state index in [1.165, 1.54) is 11.6 Å². The second-order valence-electron chi connectivity index (χ2n) is 3.60. The SMILES string of the molecule is CN(c1ccccc1)[P@@](=O)(C(Cl)Cl)C(C)(Cl)Cl. The Kier molecular flexibility index (Phi) is 5.08. The number of nitrogens with zero attached hydrogens (tertiary/aromatic N) is 1. The quantitative estimate of drug-likeness (QED) is 0.549. The normalized spacial score (nSPS) is 15.7. The molecule has 0 heterocycles. The van der Waals surface area contributed by atoms with Crippen LogP contribution in [0.2, 0.25) is 0 Å². The van der Waals surface area contributed by atoms with Crippen LogP contribution in [0, 0.1) is 0 Å². The molecule has 0 saturated carbocycles. The monoisotopic (exact) mass is 333 g/mol. The van der Waals surface area contributed by atoms with Crippen molar-refractivity contribution in [1.29, 1.82) is 0 Å². The number of hydrogen-bond donors (Lipinski definition) is 0. The lowest BCUT2D eigenvalue weighted by molar-refractivity contribution is 0.571. The van der Waals surface area contributed by atoms with Gasteiger partial charge in [0, 0.05) is 12.7 Å². The molecule has 0 amide bonds.